The number of nitrogens with zero attached hydrogens (tertiary/aromatic N) is 5. The molecular formula is C18H17N5O2S2. The van der Waals surface area contributed by atoms with Gasteiger partial charge in [-0.15, -0.1) is 21.5 Å². The Bertz CT molecular complexity index is 1060. The van der Waals surface area contributed by atoms with Crippen LogP contribution in [0, 0.1) is 6.92 Å². The number of aromatic hydroxyl groups is 1. The number of rotatable bonds is 6. The number of benzene rings is 1. The average molecular weight is 400 g/mol. The van der Waals surface area contributed by atoms with E-state index in [0.717, 1.165) is 28.0 Å². The van der Waals surface area contributed by atoms with Gasteiger partial charge < -0.3 is 14.2 Å². The maximum absolute atomic E-state index is 10.0. The van der Waals surface area contributed by atoms with Gasteiger partial charge in [-0.25, -0.2) is 0 Å². The maximum atomic E-state index is 10.0. The van der Waals surface area contributed by atoms with Gasteiger partial charge in [0.1, 0.15) is 5.75 Å². The van der Waals surface area contributed by atoms with Crippen LogP contribution in [0.3, 0.4) is 0 Å². The molecule has 4 rings (SSSR count). The zero-order valence-electron chi connectivity index (χ0n) is 14.8. The van der Waals surface area contributed by atoms with Crippen LogP contribution in [0.15, 0.2) is 45.4 Å². The van der Waals surface area contributed by atoms with E-state index in [0.29, 0.717) is 23.0 Å². The molecule has 9 heteroatoms. The summed E-state index contributed by atoms with van der Waals surface area (Å²) in [5.41, 5.74) is 1.55. The molecule has 0 aliphatic rings. The van der Waals surface area contributed by atoms with Crippen LogP contribution < -0.4 is 0 Å². The van der Waals surface area contributed by atoms with Gasteiger partial charge in [-0.05, 0) is 37.4 Å². The van der Waals surface area contributed by atoms with E-state index in [4.69, 9.17) is 4.52 Å². The predicted octanol–water partition coefficient (Wildman–Crippen LogP) is 4.38. The van der Waals surface area contributed by atoms with E-state index in [9.17, 15) is 5.11 Å². The van der Waals surface area contributed by atoms with Crippen LogP contribution in [0.2, 0.25) is 0 Å². The number of aryl methyl sites for hydroxylation is 1. The Morgan fingerprint density at radius 3 is 2.93 bits per heavy atom. The summed E-state index contributed by atoms with van der Waals surface area (Å²) in [6.07, 6.45) is 0. The molecule has 3 heterocycles. The molecule has 0 aliphatic carbocycles. The molecule has 0 atom stereocenters. The van der Waals surface area contributed by atoms with Crippen molar-refractivity contribution >= 4 is 23.1 Å². The SMILES string of the molecule is CCn1c(SCc2noc(-c3cc(C)ccc3O)n2)nnc1-c1cccs1. The molecule has 0 saturated carbocycles. The third-order valence-electron chi connectivity index (χ3n) is 3.96. The highest BCUT2D eigenvalue weighted by atomic mass is 32.2. The molecule has 0 bridgehead atoms. The summed E-state index contributed by atoms with van der Waals surface area (Å²) in [5, 5.41) is 25.5. The number of hydrogen-bond donors (Lipinski definition) is 1. The minimum Gasteiger partial charge on any atom is -0.507 e. The Morgan fingerprint density at radius 1 is 1.26 bits per heavy atom. The summed E-state index contributed by atoms with van der Waals surface area (Å²) < 4.78 is 7.39. The standard InChI is InChI=1S/C18H17N5O2S2/c1-3-23-16(14-5-4-8-26-14)20-21-18(23)27-10-15-19-17(25-22-15)12-9-11(2)6-7-13(12)24/h4-9,24H,3,10H2,1-2H3. The van der Waals surface area contributed by atoms with Crippen LogP contribution >= 0.6 is 23.1 Å². The number of thiophene rings is 1. The fraction of sp³-hybridized carbons (Fsp3) is 0.222. The Kier molecular flexibility index (Phi) is 4.95. The Hall–Kier alpha value is -2.65. The van der Waals surface area contributed by atoms with E-state index in [1.165, 1.54) is 11.8 Å². The molecule has 0 radical (unpaired) electrons. The van der Waals surface area contributed by atoms with Crippen molar-refractivity contribution in [2.24, 2.45) is 0 Å². The quantitative estimate of drug-likeness (QED) is 0.481. The molecule has 1 N–H and O–H groups in total. The van der Waals surface area contributed by atoms with E-state index < -0.39 is 0 Å². The van der Waals surface area contributed by atoms with Crippen molar-refractivity contribution in [1.29, 1.82) is 0 Å². The fourth-order valence-corrected chi connectivity index (χ4v) is 4.20. The molecule has 0 spiro atoms. The highest BCUT2D eigenvalue weighted by Crippen LogP contribution is 2.31. The minimum atomic E-state index is 0.120. The third kappa shape index (κ3) is 3.60. The zero-order chi connectivity index (χ0) is 18.8. The van der Waals surface area contributed by atoms with Gasteiger partial charge in [-0.3, -0.25) is 0 Å². The van der Waals surface area contributed by atoms with Crippen molar-refractivity contribution in [3.05, 3.63) is 47.1 Å². The van der Waals surface area contributed by atoms with E-state index in [2.05, 4.69) is 31.8 Å². The smallest absolute Gasteiger partial charge is 0.261 e. The Balaban J connectivity index is 1.52. The summed E-state index contributed by atoms with van der Waals surface area (Å²) in [6, 6.07) is 9.31. The molecule has 1 aromatic carbocycles. The Labute approximate surface area is 164 Å². The van der Waals surface area contributed by atoms with Gasteiger partial charge in [-0.2, -0.15) is 4.98 Å². The third-order valence-corrected chi connectivity index (χ3v) is 5.78. The highest BCUT2D eigenvalue weighted by molar-refractivity contribution is 7.98. The van der Waals surface area contributed by atoms with Crippen molar-refractivity contribution in [2.75, 3.05) is 0 Å². The molecule has 0 amide bonds. The van der Waals surface area contributed by atoms with Crippen LogP contribution in [-0.2, 0) is 12.3 Å². The molecule has 0 fully saturated rings. The second kappa shape index (κ2) is 7.53. The van der Waals surface area contributed by atoms with Gasteiger partial charge in [0.15, 0.2) is 16.8 Å². The number of aromatic nitrogens is 5. The lowest BCUT2D eigenvalue weighted by Gasteiger charge is -2.04. The second-order valence-electron chi connectivity index (χ2n) is 5.85. The molecule has 27 heavy (non-hydrogen) atoms. The van der Waals surface area contributed by atoms with Gasteiger partial charge in [0, 0.05) is 6.54 Å². The first-order valence-corrected chi connectivity index (χ1v) is 10.2. The summed E-state index contributed by atoms with van der Waals surface area (Å²) in [4.78, 5) is 5.49. The molecule has 0 unspecified atom stereocenters. The van der Waals surface area contributed by atoms with Crippen LogP contribution in [0.5, 0.6) is 5.75 Å². The summed E-state index contributed by atoms with van der Waals surface area (Å²) >= 11 is 3.15. The fourth-order valence-electron chi connectivity index (χ4n) is 2.64. The first kappa shape index (κ1) is 17.7. The van der Waals surface area contributed by atoms with E-state index >= 15 is 0 Å². The Morgan fingerprint density at radius 2 is 2.15 bits per heavy atom. The second-order valence-corrected chi connectivity index (χ2v) is 7.74. The van der Waals surface area contributed by atoms with Crippen molar-refractivity contribution in [3.8, 4) is 27.9 Å². The van der Waals surface area contributed by atoms with Gasteiger partial charge in [0.05, 0.1) is 16.2 Å². The van der Waals surface area contributed by atoms with E-state index in [1.807, 2.05) is 36.6 Å². The lowest BCUT2D eigenvalue weighted by molar-refractivity contribution is 0.419. The molecule has 3 aromatic heterocycles. The largest absolute Gasteiger partial charge is 0.507 e. The van der Waals surface area contributed by atoms with E-state index in [1.54, 1.807) is 17.4 Å². The first-order chi connectivity index (χ1) is 13.2. The zero-order valence-corrected chi connectivity index (χ0v) is 16.4. The van der Waals surface area contributed by atoms with Gasteiger partial charge in [-0.1, -0.05) is 34.6 Å². The molecule has 7 nitrogen and oxygen atoms in total. The predicted molar refractivity (Wildman–Crippen MR) is 105 cm³/mol. The van der Waals surface area contributed by atoms with Crippen molar-refractivity contribution < 1.29 is 9.63 Å². The number of phenols is 1. The number of thioether (sulfide) groups is 1. The summed E-state index contributed by atoms with van der Waals surface area (Å²) in [7, 11) is 0. The molecule has 4 aromatic rings. The van der Waals surface area contributed by atoms with Crippen LogP contribution in [0.25, 0.3) is 22.2 Å². The summed E-state index contributed by atoms with van der Waals surface area (Å²) in [6.45, 7) is 4.79. The lowest BCUT2D eigenvalue weighted by atomic mass is 10.1. The topological polar surface area (TPSA) is 89.9 Å². The van der Waals surface area contributed by atoms with Gasteiger partial charge in [0.25, 0.3) is 5.89 Å². The summed E-state index contributed by atoms with van der Waals surface area (Å²) in [5.74, 6) is 2.34. The molecular weight excluding hydrogens is 382 g/mol. The van der Waals surface area contributed by atoms with E-state index in [-0.39, 0.29) is 5.75 Å². The molecule has 0 aliphatic heterocycles. The van der Waals surface area contributed by atoms with Crippen molar-refractivity contribution in [3.63, 3.8) is 0 Å². The average Bonchev–Trinajstić information content (AvgIpc) is 3.41. The van der Waals surface area contributed by atoms with Gasteiger partial charge >= 0.3 is 0 Å². The van der Waals surface area contributed by atoms with Gasteiger partial charge in [0.2, 0.25) is 0 Å². The van der Waals surface area contributed by atoms with Crippen LogP contribution in [0.1, 0.15) is 18.3 Å². The molecule has 0 saturated heterocycles. The maximum Gasteiger partial charge on any atom is 0.261 e. The number of phenolic OH excluding ortho intramolecular Hbond substituents is 1. The lowest BCUT2D eigenvalue weighted by Crippen LogP contribution is -1.99. The molecule has 138 valence electrons. The monoisotopic (exact) mass is 399 g/mol. The van der Waals surface area contributed by atoms with Crippen molar-refractivity contribution in [1.82, 2.24) is 24.9 Å². The minimum absolute atomic E-state index is 0.120. The highest BCUT2D eigenvalue weighted by Gasteiger charge is 2.17. The van der Waals surface area contributed by atoms with Crippen LogP contribution in [0.4, 0.5) is 0 Å². The number of hydrogen-bond acceptors (Lipinski definition) is 8. The van der Waals surface area contributed by atoms with Crippen molar-refractivity contribution in [2.45, 2.75) is 31.3 Å². The normalized spacial score (nSPS) is 11.2. The van der Waals surface area contributed by atoms with Crippen LogP contribution in [-0.4, -0.2) is 30.0 Å². The first-order valence-electron chi connectivity index (χ1n) is 8.38.